The van der Waals surface area contributed by atoms with E-state index in [-0.39, 0.29) is 11.9 Å². The second kappa shape index (κ2) is 7.94. The third-order valence-corrected chi connectivity index (χ3v) is 5.27. The minimum atomic E-state index is -0.0596. The molecule has 4 rings (SSSR count). The molecule has 0 aliphatic carbocycles. The Morgan fingerprint density at radius 2 is 2.07 bits per heavy atom. The molecule has 1 unspecified atom stereocenters. The number of benzene rings is 2. The lowest BCUT2D eigenvalue weighted by Gasteiger charge is -2.37. The molecule has 6 heteroatoms. The van der Waals surface area contributed by atoms with Gasteiger partial charge < -0.3 is 24.1 Å². The first-order valence-corrected chi connectivity index (χ1v) is 9.38. The molecule has 1 atom stereocenters. The summed E-state index contributed by atoms with van der Waals surface area (Å²) in [6.45, 7) is 2.14. The van der Waals surface area contributed by atoms with Crippen LogP contribution in [0.4, 0.5) is 0 Å². The third kappa shape index (κ3) is 3.43. The zero-order valence-corrected chi connectivity index (χ0v) is 16.1. The molecule has 1 aromatic heterocycles. The molecule has 2 heterocycles. The SMILES string of the molecule is COc1ccc2c(CC(=O)N3CCNCC3c3ccccc3OC)coc2c1. The van der Waals surface area contributed by atoms with Crippen molar-refractivity contribution >= 4 is 16.9 Å². The Morgan fingerprint density at radius 1 is 1.21 bits per heavy atom. The van der Waals surface area contributed by atoms with E-state index in [2.05, 4.69) is 5.32 Å². The lowest BCUT2D eigenvalue weighted by molar-refractivity contribution is -0.133. The van der Waals surface area contributed by atoms with Crippen LogP contribution in [0.1, 0.15) is 17.2 Å². The first-order chi connectivity index (χ1) is 13.7. The summed E-state index contributed by atoms with van der Waals surface area (Å²) in [5, 5.41) is 4.33. The van der Waals surface area contributed by atoms with E-state index in [1.165, 1.54) is 0 Å². The fourth-order valence-electron chi connectivity index (χ4n) is 3.81. The number of nitrogens with one attached hydrogen (secondary N) is 1. The summed E-state index contributed by atoms with van der Waals surface area (Å²) in [6.07, 6.45) is 1.97. The lowest BCUT2D eigenvalue weighted by atomic mass is 10.0. The first kappa shape index (κ1) is 18.4. The molecule has 1 aliphatic rings. The number of furan rings is 1. The maximum Gasteiger partial charge on any atom is 0.227 e. The predicted molar refractivity (Wildman–Crippen MR) is 107 cm³/mol. The molecule has 0 bridgehead atoms. The summed E-state index contributed by atoms with van der Waals surface area (Å²) in [6, 6.07) is 13.5. The Morgan fingerprint density at radius 3 is 2.89 bits per heavy atom. The van der Waals surface area contributed by atoms with Crippen molar-refractivity contribution in [2.45, 2.75) is 12.5 Å². The van der Waals surface area contributed by atoms with E-state index in [1.54, 1.807) is 20.5 Å². The Bertz CT molecular complexity index is 982. The van der Waals surface area contributed by atoms with Crippen molar-refractivity contribution in [1.82, 2.24) is 10.2 Å². The van der Waals surface area contributed by atoms with E-state index in [0.29, 0.717) is 19.5 Å². The van der Waals surface area contributed by atoms with Crippen molar-refractivity contribution in [2.24, 2.45) is 0 Å². The number of amides is 1. The second-order valence-corrected chi connectivity index (χ2v) is 6.85. The van der Waals surface area contributed by atoms with Crippen LogP contribution in [0.5, 0.6) is 11.5 Å². The van der Waals surface area contributed by atoms with Gasteiger partial charge in [-0.1, -0.05) is 18.2 Å². The number of ether oxygens (including phenoxy) is 2. The highest BCUT2D eigenvalue weighted by Gasteiger charge is 2.30. The van der Waals surface area contributed by atoms with Crippen LogP contribution in [0, 0.1) is 0 Å². The molecular formula is C22H24N2O4. The molecule has 3 aromatic rings. The lowest BCUT2D eigenvalue weighted by Crippen LogP contribution is -2.49. The quantitative estimate of drug-likeness (QED) is 0.737. The van der Waals surface area contributed by atoms with Gasteiger partial charge in [0.05, 0.1) is 32.9 Å². The van der Waals surface area contributed by atoms with Gasteiger partial charge in [0, 0.05) is 42.2 Å². The average Bonchev–Trinajstić information content (AvgIpc) is 3.15. The molecule has 146 valence electrons. The fraction of sp³-hybridized carbons (Fsp3) is 0.318. The van der Waals surface area contributed by atoms with Gasteiger partial charge in [0.2, 0.25) is 5.91 Å². The number of para-hydroxylation sites is 1. The number of fused-ring (bicyclic) bond motifs is 1. The van der Waals surface area contributed by atoms with Gasteiger partial charge in [0.15, 0.2) is 0 Å². The first-order valence-electron chi connectivity index (χ1n) is 9.38. The largest absolute Gasteiger partial charge is 0.497 e. The van der Waals surface area contributed by atoms with Crippen molar-refractivity contribution < 1.29 is 18.7 Å². The summed E-state index contributed by atoms with van der Waals surface area (Å²) in [5.41, 5.74) is 2.64. The second-order valence-electron chi connectivity index (χ2n) is 6.85. The van der Waals surface area contributed by atoms with Gasteiger partial charge in [0.1, 0.15) is 17.1 Å². The molecule has 6 nitrogen and oxygen atoms in total. The number of methoxy groups -OCH3 is 2. The van der Waals surface area contributed by atoms with Gasteiger partial charge in [-0.05, 0) is 18.2 Å². The van der Waals surface area contributed by atoms with Crippen LogP contribution in [0.25, 0.3) is 11.0 Å². The zero-order chi connectivity index (χ0) is 19.5. The molecular weight excluding hydrogens is 356 g/mol. The van der Waals surface area contributed by atoms with Crippen molar-refractivity contribution in [3.05, 3.63) is 59.9 Å². The smallest absolute Gasteiger partial charge is 0.227 e. The van der Waals surface area contributed by atoms with E-state index in [1.807, 2.05) is 47.4 Å². The van der Waals surface area contributed by atoms with Gasteiger partial charge in [-0.15, -0.1) is 0 Å². The van der Waals surface area contributed by atoms with Crippen LogP contribution in [0.3, 0.4) is 0 Å². The van der Waals surface area contributed by atoms with E-state index in [0.717, 1.165) is 40.1 Å². The van der Waals surface area contributed by atoms with Gasteiger partial charge in [0.25, 0.3) is 0 Å². The molecule has 1 fully saturated rings. The average molecular weight is 380 g/mol. The molecule has 0 saturated carbocycles. The summed E-state index contributed by atoms with van der Waals surface area (Å²) in [5.74, 6) is 1.61. The van der Waals surface area contributed by atoms with E-state index >= 15 is 0 Å². The number of nitrogens with zero attached hydrogens (tertiary/aromatic N) is 1. The van der Waals surface area contributed by atoms with Crippen LogP contribution in [-0.2, 0) is 11.2 Å². The Labute approximate surface area is 164 Å². The van der Waals surface area contributed by atoms with Crippen molar-refractivity contribution in [2.75, 3.05) is 33.9 Å². The van der Waals surface area contributed by atoms with Gasteiger partial charge in [-0.2, -0.15) is 0 Å². The van der Waals surface area contributed by atoms with E-state index in [9.17, 15) is 4.79 Å². The Kier molecular flexibility index (Phi) is 5.21. The summed E-state index contributed by atoms with van der Waals surface area (Å²) in [4.78, 5) is 15.1. The molecule has 1 saturated heterocycles. The highest BCUT2D eigenvalue weighted by molar-refractivity contribution is 5.88. The summed E-state index contributed by atoms with van der Waals surface area (Å²) in [7, 11) is 3.28. The standard InChI is InChI=1S/C22H24N2O4/c1-26-16-7-8-17-15(14-28-21(17)12-16)11-22(25)24-10-9-23-13-19(24)18-5-3-4-6-20(18)27-2/h3-8,12,14,19,23H,9-11,13H2,1-2H3. The highest BCUT2D eigenvalue weighted by Crippen LogP contribution is 2.31. The van der Waals surface area contributed by atoms with Gasteiger partial charge in [-0.25, -0.2) is 0 Å². The molecule has 1 amide bonds. The highest BCUT2D eigenvalue weighted by atomic mass is 16.5. The maximum atomic E-state index is 13.2. The van der Waals surface area contributed by atoms with Crippen molar-refractivity contribution in [3.8, 4) is 11.5 Å². The van der Waals surface area contributed by atoms with Crippen LogP contribution in [0.2, 0.25) is 0 Å². The van der Waals surface area contributed by atoms with Gasteiger partial charge in [-0.3, -0.25) is 4.79 Å². The number of carbonyl (C=O) groups excluding carboxylic acids is 1. The number of hydrogen-bond acceptors (Lipinski definition) is 5. The van der Waals surface area contributed by atoms with Crippen LogP contribution >= 0.6 is 0 Å². The number of hydrogen-bond donors (Lipinski definition) is 1. The zero-order valence-electron chi connectivity index (χ0n) is 16.1. The normalized spacial score (nSPS) is 16.9. The van der Waals surface area contributed by atoms with Crippen LogP contribution < -0.4 is 14.8 Å². The minimum Gasteiger partial charge on any atom is -0.497 e. The Hall–Kier alpha value is -2.99. The molecule has 1 N–H and O–H groups in total. The number of rotatable bonds is 5. The molecule has 0 spiro atoms. The summed E-state index contributed by atoms with van der Waals surface area (Å²) < 4.78 is 16.4. The van der Waals surface area contributed by atoms with E-state index < -0.39 is 0 Å². The maximum absolute atomic E-state index is 13.2. The van der Waals surface area contributed by atoms with Crippen LogP contribution in [-0.4, -0.2) is 44.7 Å². The predicted octanol–water partition coefficient (Wildman–Crippen LogP) is 3.17. The molecule has 28 heavy (non-hydrogen) atoms. The van der Waals surface area contributed by atoms with Crippen LogP contribution in [0.15, 0.2) is 53.1 Å². The molecule has 1 aliphatic heterocycles. The third-order valence-electron chi connectivity index (χ3n) is 5.27. The van der Waals surface area contributed by atoms with Gasteiger partial charge >= 0.3 is 0 Å². The summed E-state index contributed by atoms with van der Waals surface area (Å²) >= 11 is 0. The number of carbonyl (C=O) groups is 1. The van der Waals surface area contributed by atoms with E-state index in [4.69, 9.17) is 13.9 Å². The Balaban J connectivity index is 1.59. The minimum absolute atomic E-state index is 0.0596. The van der Waals surface area contributed by atoms with Crippen molar-refractivity contribution in [1.29, 1.82) is 0 Å². The van der Waals surface area contributed by atoms with Crippen molar-refractivity contribution in [3.63, 3.8) is 0 Å². The molecule has 2 aromatic carbocycles. The number of piperazine rings is 1. The fourth-order valence-corrected chi connectivity index (χ4v) is 3.81. The topological polar surface area (TPSA) is 63.9 Å². The monoisotopic (exact) mass is 380 g/mol. The molecule has 0 radical (unpaired) electrons.